The summed E-state index contributed by atoms with van der Waals surface area (Å²) >= 11 is 9.14. The zero-order valence-electron chi connectivity index (χ0n) is 11.2. The number of anilines is 1. The first-order valence-electron chi connectivity index (χ1n) is 6.77. The van der Waals surface area contributed by atoms with Crippen LogP contribution in [-0.2, 0) is 14.8 Å². The predicted octanol–water partition coefficient (Wildman–Crippen LogP) is 2.53. The van der Waals surface area contributed by atoms with Gasteiger partial charge in [0.05, 0.1) is 21.5 Å². The molecule has 1 heterocycles. The van der Waals surface area contributed by atoms with Crippen molar-refractivity contribution in [1.82, 2.24) is 4.72 Å². The zero-order chi connectivity index (χ0) is 15.2. The Labute approximate surface area is 137 Å². The second-order valence-electron chi connectivity index (χ2n) is 5.50. The van der Waals surface area contributed by atoms with Crippen LogP contribution in [0.15, 0.2) is 21.5 Å². The fourth-order valence-corrected chi connectivity index (χ4v) is 5.24. The molecule has 1 aliphatic heterocycles. The summed E-state index contributed by atoms with van der Waals surface area (Å²) in [6.07, 6.45) is 2.89. The van der Waals surface area contributed by atoms with Gasteiger partial charge in [-0.1, -0.05) is 11.6 Å². The van der Waals surface area contributed by atoms with Gasteiger partial charge in [0.1, 0.15) is 0 Å². The van der Waals surface area contributed by atoms with E-state index in [0.717, 1.165) is 12.8 Å². The molecule has 2 unspecified atom stereocenters. The standard InChI is InChI=1S/C13H16BrClN2O3S/c14-12-9(16)5-8(15)6-11(12)21(18,19)17-10-3-4-20-13(10)7-1-2-7/h5-7,10,13,17H,1-4,16H2. The third kappa shape index (κ3) is 3.22. The number of nitrogen functional groups attached to an aromatic ring is 1. The Hall–Kier alpha value is -0.340. The average Bonchev–Trinajstić information content (AvgIpc) is 3.14. The van der Waals surface area contributed by atoms with Crippen LogP contribution < -0.4 is 10.5 Å². The molecule has 1 aliphatic carbocycles. The van der Waals surface area contributed by atoms with Crippen LogP contribution >= 0.6 is 27.5 Å². The summed E-state index contributed by atoms with van der Waals surface area (Å²) in [6.45, 7) is 0.590. The van der Waals surface area contributed by atoms with Gasteiger partial charge in [0.2, 0.25) is 10.0 Å². The molecule has 0 amide bonds. The lowest BCUT2D eigenvalue weighted by Gasteiger charge is -2.20. The molecule has 1 saturated heterocycles. The van der Waals surface area contributed by atoms with Crippen molar-refractivity contribution >= 4 is 43.2 Å². The summed E-state index contributed by atoms with van der Waals surface area (Å²) in [4.78, 5) is 0.0638. The van der Waals surface area contributed by atoms with Crippen LogP contribution in [0.3, 0.4) is 0 Å². The van der Waals surface area contributed by atoms with Gasteiger partial charge in [0.15, 0.2) is 0 Å². The number of nitrogens with two attached hydrogens (primary N) is 1. The maximum atomic E-state index is 12.6. The van der Waals surface area contributed by atoms with Gasteiger partial charge in [-0.25, -0.2) is 13.1 Å². The minimum atomic E-state index is -3.70. The van der Waals surface area contributed by atoms with E-state index in [2.05, 4.69) is 20.7 Å². The Bertz CT molecular complexity index is 664. The Morgan fingerprint density at radius 2 is 2.05 bits per heavy atom. The fraction of sp³-hybridized carbons (Fsp3) is 0.538. The molecule has 116 valence electrons. The molecular weight excluding hydrogens is 380 g/mol. The largest absolute Gasteiger partial charge is 0.398 e. The minimum Gasteiger partial charge on any atom is -0.398 e. The van der Waals surface area contributed by atoms with Crippen molar-refractivity contribution in [3.63, 3.8) is 0 Å². The second-order valence-corrected chi connectivity index (χ2v) is 8.41. The normalized spacial score (nSPS) is 26.2. The zero-order valence-corrected chi connectivity index (χ0v) is 14.3. The molecule has 0 spiro atoms. The van der Waals surface area contributed by atoms with Crippen LogP contribution in [0.25, 0.3) is 0 Å². The van der Waals surface area contributed by atoms with Crippen molar-refractivity contribution in [1.29, 1.82) is 0 Å². The lowest BCUT2D eigenvalue weighted by Crippen LogP contribution is -2.41. The first kappa shape index (κ1) is 15.6. The summed E-state index contributed by atoms with van der Waals surface area (Å²) in [5.41, 5.74) is 6.06. The number of hydrogen-bond donors (Lipinski definition) is 2. The molecule has 2 fully saturated rings. The third-order valence-electron chi connectivity index (χ3n) is 3.85. The third-order valence-corrected chi connectivity index (χ3v) is 6.73. The Morgan fingerprint density at radius 3 is 2.71 bits per heavy atom. The lowest BCUT2D eigenvalue weighted by molar-refractivity contribution is 0.0848. The molecule has 2 atom stereocenters. The van der Waals surface area contributed by atoms with Crippen LogP contribution in [-0.4, -0.2) is 27.2 Å². The maximum absolute atomic E-state index is 12.6. The first-order chi connectivity index (χ1) is 9.88. The molecule has 1 aromatic rings. The molecule has 8 heteroatoms. The van der Waals surface area contributed by atoms with Crippen molar-refractivity contribution in [3.8, 4) is 0 Å². The van der Waals surface area contributed by atoms with Gasteiger partial charge in [-0.15, -0.1) is 0 Å². The van der Waals surface area contributed by atoms with Gasteiger partial charge in [0.25, 0.3) is 0 Å². The Morgan fingerprint density at radius 1 is 1.33 bits per heavy atom. The molecule has 1 saturated carbocycles. The van der Waals surface area contributed by atoms with E-state index in [0.29, 0.717) is 29.1 Å². The summed E-state index contributed by atoms with van der Waals surface area (Å²) in [7, 11) is -3.70. The number of halogens is 2. The van der Waals surface area contributed by atoms with E-state index in [4.69, 9.17) is 22.1 Å². The van der Waals surface area contributed by atoms with E-state index in [1.807, 2.05) is 0 Å². The average molecular weight is 396 g/mol. The van der Waals surface area contributed by atoms with Crippen molar-refractivity contribution in [2.24, 2.45) is 5.92 Å². The van der Waals surface area contributed by atoms with Crippen LogP contribution in [0.1, 0.15) is 19.3 Å². The number of sulfonamides is 1. The number of benzene rings is 1. The molecule has 0 radical (unpaired) electrons. The number of ether oxygens (including phenoxy) is 1. The molecule has 0 aromatic heterocycles. The molecular formula is C13H16BrClN2O3S. The highest BCUT2D eigenvalue weighted by Gasteiger charge is 2.42. The number of nitrogens with one attached hydrogen (secondary N) is 1. The molecule has 0 bridgehead atoms. The van der Waals surface area contributed by atoms with E-state index in [9.17, 15) is 8.42 Å². The molecule has 5 nitrogen and oxygen atoms in total. The highest BCUT2D eigenvalue weighted by atomic mass is 79.9. The minimum absolute atomic E-state index is 0.0184. The Balaban J connectivity index is 1.87. The van der Waals surface area contributed by atoms with E-state index < -0.39 is 10.0 Å². The monoisotopic (exact) mass is 394 g/mol. The molecule has 2 aliphatic rings. The quantitative estimate of drug-likeness (QED) is 0.768. The number of hydrogen-bond acceptors (Lipinski definition) is 4. The van der Waals surface area contributed by atoms with E-state index in [-0.39, 0.29) is 22.1 Å². The van der Waals surface area contributed by atoms with Crippen LogP contribution in [0.2, 0.25) is 5.02 Å². The topological polar surface area (TPSA) is 81.4 Å². The smallest absolute Gasteiger partial charge is 0.242 e. The SMILES string of the molecule is Nc1cc(Cl)cc(S(=O)(=O)NC2CCOC2C2CC2)c1Br. The molecule has 3 N–H and O–H groups in total. The summed E-state index contributed by atoms with van der Waals surface area (Å²) < 4.78 is 33.9. The van der Waals surface area contributed by atoms with Gasteiger partial charge in [0, 0.05) is 17.3 Å². The van der Waals surface area contributed by atoms with Crippen molar-refractivity contribution in [2.45, 2.75) is 36.3 Å². The van der Waals surface area contributed by atoms with Gasteiger partial charge in [-0.3, -0.25) is 0 Å². The highest BCUT2D eigenvalue weighted by molar-refractivity contribution is 9.10. The maximum Gasteiger partial charge on any atom is 0.242 e. The summed E-state index contributed by atoms with van der Waals surface area (Å²) in [5, 5.41) is 0.289. The lowest BCUT2D eigenvalue weighted by atomic mass is 10.1. The van der Waals surface area contributed by atoms with Gasteiger partial charge >= 0.3 is 0 Å². The molecule has 21 heavy (non-hydrogen) atoms. The molecule has 1 aromatic carbocycles. The van der Waals surface area contributed by atoms with Gasteiger partial charge in [-0.2, -0.15) is 0 Å². The van der Waals surface area contributed by atoms with Gasteiger partial charge in [-0.05, 0) is 53.2 Å². The van der Waals surface area contributed by atoms with Crippen molar-refractivity contribution < 1.29 is 13.2 Å². The van der Waals surface area contributed by atoms with E-state index >= 15 is 0 Å². The van der Waals surface area contributed by atoms with E-state index in [1.165, 1.54) is 12.1 Å². The first-order valence-corrected chi connectivity index (χ1v) is 9.42. The summed E-state index contributed by atoms with van der Waals surface area (Å²) in [5.74, 6) is 0.480. The van der Waals surface area contributed by atoms with Crippen LogP contribution in [0.5, 0.6) is 0 Å². The van der Waals surface area contributed by atoms with Crippen molar-refractivity contribution in [3.05, 3.63) is 21.6 Å². The fourth-order valence-electron chi connectivity index (χ4n) is 2.67. The predicted molar refractivity (Wildman–Crippen MR) is 84.8 cm³/mol. The molecule has 3 rings (SSSR count). The number of rotatable bonds is 4. The summed E-state index contributed by atoms with van der Waals surface area (Å²) in [6, 6.07) is 2.72. The van der Waals surface area contributed by atoms with E-state index in [1.54, 1.807) is 0 Å². The van der Waals surface area contributed by atoms with Crippen molar-refractivity contribution in [2.75, 3.05) is 12.3 Å². The van der Waals surface area contributed by atoms with Crippen LogP contribution in [0, 0.1) is 5.92 Å². The Kier molecular flexibility index (Phi) is 4.22. The van der Waals surface area contributed by atoms with Crippen LogP contribution in [0.4, 0.5) is 5.69 Å². The van der Waals surface area contributed by atoms with Gasteiger partial charge < -0.3 is 10.5 Å². The second kappa shape index (κ2) is 5.70. The highest BCUT2D eigenvalue weighted by Crippen LogP contribution is 2.39.